The summed E-state index contributed by atoms with van der Waals surface area (Å²) in [7, 11) is 0. The van der Waals surface area contributed by atoms with Gasteiger partial charge in [-0.2, -0.15) is 0 Å². The lowest BCUT2D eigenvalue weighted by molar-refractivity contribution is -0.384. The second-order valence-corrected chi connectivity index (χ2v) is 3.84. The van der Waals surface area contributed by atoms with Crippen molar-refractivity contribution in [2.24, 2.45) is 0 Å². The van der Waals surface area contributed by atoms with Crippen LogP contribution in [0.3, 0.4) is 0 Å². The van der Waals surface area contributed by atoms with Gasteiger partial charge in [0.15, 0.2) is 0 Å². The Morgan fingerprint density at radius 2 is 2.25 bits per heavy atom. The van der Waals surface area contributed by atoms with Crippen LogP contribution >= 0.6 is 0 Å². The summed E-state index contributed by atoms with van der Waals surface area (Å²) in [5.74, 6) is 0. The standard InChI is InChI=1S/C12H16N2O2/c1-10(2)6-7-13-9-11-4-3-5-12(8-11)14(15)16/h3-6,8,13H,7,9H2,1-2H3. The molecule has 0 radical (unpaired) electrons. The minimum atomic E-state index is -0.375. The quantitative estimate of drug-likeness (QED) is 0.359. The van der Waals surface area contributed by atoms with Gasteiger partial charge in [-0.05, 0) is 19.4 Å². The lowest BCUT2D eigenvalue weighted by Crippen LogP contribution is -2.13. The van der Waals surface area contributed by atoms with Gasteiger partial charge in [0.25, 0.3) is 5.69 Å². The van der Waals surface area contributed by atoms with E-state index in [1.54, 1.807) is 12.1 Å². The van der Waals surface area contributed by atoms with Crippen molar-refractivity contribution in [2.45, 2.75) is 20.4 Å². The number of non-ortho nitro benzene ring substituents is 1. The molecule has 1 rings (SSSR count). The first-order valence-corrected chi connectivity index (χ1v) is 5.17. The Kier molecular flexibility index (Phi) is 4.66. The van der Waals surface area contributed by atoms with E-state index in [1.807, 2.05) is 19.9 Å². The molecule has 0 bridgehead atoms. The third-order valence-corrected chi connectivity index (χ3v) is 2.11. The van der Waals surface area contributed by atoms with Crippen LogP contribution in [0.15, 0.2) is 35.9 Å². The van der Waals surface area contributed by atoms with Crippen molar-refractivity contribution in [1.82, 2.24) is 5.32 Å². The molecular formula is C12H16N2O2. The smallest absolute Gasteiger partial charge is 0.269 e. The first-order valence-electron chi connectivity index (χ1n) is 5.17. The molecule has 0 atom stereocenters. The van der Waals surface area contributed by atoms with E-state index in [1.165, 1.54) is 11.6 Å². The van der Waals surface area contributed by atoms with Crippen LogP contribution in [-0.4, -0.2) is 11.5 Å². The SMILES string of the molecule is CC(C)=CCNCc1cccc([N+](=O)[O-])c1. The van der Waals surface area contributed by atoms with Gasteiger partial charge in [0.2, 0.25) is 0 Å². The highest BCUT2D eigenvalue weighted by Gasteiger charge is 2.04. The topological polar surface area (TPSA) is 55.2 Å². The Bertz CT molecular complexity index is 396. The van der Waals surface area contributed by atoms with Gasteiger partial charge in [-0.1, -0.05) is 23.8 Å². The summed E-state index contributed by atoms with van der Waals surface area (Å²) in [6.07, 6.45) is 2.08. The fourth-order valence-electron chi connectivity index (χ4n) is 1.27. The maximum atomic E-state index is 10.5. The molecule has 0 saturated heterocycles. The minimum absolute atomic E-state index is 0.140. The van der Waals surface area contributed by atoms with Crippen LogP contribution in [0.5, 0.6) is 0 Å². The van der Waals surface area contributed by atoms with Gasteiger partial charge < -0.3 is 5.32 Å². The summed E-state index contributed by atoms with van der Waals surface area (Å²) in [6.45, 7) is 5.50. The molecule has 0 aliphatic rings. The zero-order valence-corrected chi connectivity index (χ0v) is 9.56. The maximum absolute atomic E-state index is 10.5. The summed E-state index contributed by atoms with van der Waals surface area (Å²) in [5, 5.41) is 13.7. The van der Waals surface area contributed by atoms with Crippen LogP contribution in [0.25, 0.3) is 0 Å². The highest BCUT2D eigenvalue weighted by Crippen LogP contribution is 2.12. The summed E-state index contributed by atoms with van der Waals surface area (Å²) in [5.41, 5.74) is 2.32. The molecule has 1 aromatic carbocycles. The van der Waals surface area contributed by atoms with Crippen LogP contribution < -0.4 is 5.32 Å². The number of benzene rings is 1. The second-order valence-electron chi connectivity index (χ2n) is 3.84. The largest absolute Gasteiger partial charge is 0.309 e. The van der Waals surface area contributed by atoms with Gasteiger partial charge in [-0.25, -0.2) is 0 Å². The maximum Gasteiger partial charge on any atom is 0.269 e. The zero-order chi connectivity index (χ0) is 12.0. The lowest BCUT2D eigenvalue weighted by atomic mass is 10.2. The van der Waals surface area contributed by atoms with Gasteiger partial charge in [0.1, 0.15) is 0 Å². The van der Waals surface area contributed by atoms with E-state index in [4.69, 9.17) is 0 Å². The minimum Gasteiger partial charge on any atom is -0.309 e. The number of hydrogen-bond acceptors (Lipinski definition) is 3. The van der Waals surface area contributed by atoms with Crippen molar-refractivity contribution in [3.63, 3.8) is 0 Å². The van der Waals surface area contributed by atoms with Gasteiger partial charge in [0.05, 0.1) is 4.92 Å². The molecule has 4 heteroatoms. The Hall–Kier alpha value is -1.68. The Morgan fingerprint density at radius 1 is 1.50 bits per heavy atom. The monoisotopic (exact) mass is 220 g/mol. The average Bonchev–Trinajstić information content (AvgIpc) is 2.24. The number of nitrogens with one attached hydrogen (secondary N) is 1. The zero-order valence-electron chi connectivity index (χ0n) is 9.56. The fourth-order valence-corrected chi connectivity index (χ4v) is 1.27. The molecule has 0 fully saturated rings. The van der Waals surface area contributed by atoms with Crippen molar-refractivity contribution < 1.29 is 4.92 Å². The Morgan fingerprint density at radius 3 is 2.88 bits per heavy atom. The predicted molar refractivity (Wildman–Crippen MR) is 64.2 cm³/mol. The molecule has 0 aliphatic heterocycles. The molecule has 0 saturated carbocycles. The summed E-state index contributed by atoms with van der Waals surface area (Å²) >= 11 is 0. The van der Waals surface area contributed by atoms with Crippen molar-refractivity contribution in [3.05, 3.63) is 51.6 Å². The summed E-state index contributed by atoms with van der Waals surface area (Å²) in [6, 6.07) is 6.67. The lowest BCUT2D eigenvalue weighted by Gasteiger charge is -2.02. The molecule has 0 spiro atoms. The van der Waals surface area contributed by atoms with Crippen LogP contribution in [-0.2, 0) is 6.54 Å². The highest BCUT2D eigenvalue weighted by atomic mass is 16.6. The third kappa shape index (κ3) is 4.23. The fraction of sp³-hybridized carbons (Fsp3) is 0.333. The summed E-state index contributed by atoms with van der Waals surface area (Å²) in [4.78, 5) is 10.2. The van der Waals surface area contributed by atoms with Crippen molar-refractivity contribution in [3.8, 4) is 0 Å². The first-order chi connectivity index (χ1) is 7.59. The van der Waals surface area contributed by atoms with Crippen molar-refractivity contribution in [2.75, 3.05) is 6.54 Å². The van der Waals surface area contributed by atoms with E-state index in [2.05, 4.69) is 11.4 Å². The van der Waals surface area contributed by atoms with E-state index in [0.29, 0.717) is 6.54 Å². The predicted octanol–water partition coefficient (Wildman–Crippen LogP) is 2.65. The van der Waals surface area contributed by atoms with E-state index in [-0.39, 0.29) is 10.6 Å². The molecule has 0 amide bonds. The van der Waals surface area contributed by atoms with E-state index < -0.39 is 0 Å². The normalized spacial score (nSPS) is 9.88. The van der Waals surface area contributed by atoms with Crippen LogP contribution in [0.4, 0.5) is 5.69 Å². The van der Waals surface area contributed by atoms with Crippen molar-refractivity contribution >= 4 is 5.69 Å². The Labute approximate surface area is 95.1 Å². The molecule has 0 aliphatic carbocycles. The molecule has 0 aromatic heterocycles. The van der Waals surface area contributed by atoms with Crippen LogP contribution in [0, 0.1) is 10.1 Å². The average molecular weight is 220 g/mol. The van der Waals surface area contributed by atoms with E-state index >= 15 is 0 Å². The molecule has 4 nitrogen and oxygen atoms in total. The number of hydrogen-bond donors (Lipinski definition) is 1. The first kappa shape index (κ1) is 12.4. The van der Waals surface area contributed by atoms with Crippen LogP contribution in [0.2, 0.25) is 0 Å². The number of nitro benzene ring substituents is 1. The molecular weight excluding hydrogens is 204 g/mol. The van der Waals surface area contributed by atoms with Crippen molar-refractivity contribution in [1.29, 1.82) is 0 Å². The van der Waals surface area contributed by atoms with E-state index in [9.17, 15) is 10.1 Å². The van der Waals surface area contributed by atoms with Gasteiger partial charge in [0, 0.05) is 25.2 Å². The van der Waals surface area contributed by atoms with Gasteiger partial charge >= 0.3 is 0 Å². The summed E-state index contributed by atoms with van der Waals surface area (Å²) < 4.78 is 0. The van der Waals surface area contributed by atoms with E-state index in [0.717, 1.165) is 12.1 Å². The number of nitrogens with zero attached hydrogens (tertiary/aromatic N) is 1. The number of nitro groups is 1. The molecule has 0 heterocycles. The molecule has 0 unspecified atom stereocenters. The Balaban J connectivity index is 2.51. The number of allylic oxidation sites excluding steroid dienone is 1. The van der Waals surface area contributed by atoms with Crippen LogP contribution in [0.1, 0.15) is 19.4 Å². The third-order valence-electron chi connectivity index (χ3n) is 2.11. The highest BCUT2D eigenvalue weighted by molar-refractivity contribution is 5.34. The second kappa shape index (κ2) is 6.02. The molecule has 16 heavy (non-hydrogen) atoms. The number of rotatable bonds is 5. The molecule has 1 aromatic rings. The van der Waals surface area contributed by atoms with Gasteiger partial charge in [-0.3, -0.25) is 10.1 Å². The molecule has 86 valence electrons. The van der Waals surface area contributed by atoms with Gasteiger partial charge in [-0.15, -0.1) is 0 Å². The molecule has 1 N–H and O–H groups in total.